The fraction of sp³-hybridized carbons (Fsp3) is 0.176. The first-order valence-electron chi connectivity index (χ1n) is 13.1. The van der Waals surface area contributed by atoms with Crippen LogP contribution in [0.5, 0.6) is 0 Å². The first-order valence-corrected chi connectivity index (χ1v) is 17.0. The standard InChI is InChI=1S/C34H31ClN2O2Si/c1-23-15-17-36-22-31(23)34(39,26-9-12-28(35)13-10-26)27-11-14-32-30(20-27)29(21-33(38)37(32)2)25-8-6-7-24(19-25)16-18-40(3,4)5/h6-15,17,19-22,39H,1-5H3. The van der Waals surface area contributed by atoms with E-state index in [-0.39, 0.29) is 5.56 Å². The molecule has 0 aliphatic heterocycles. The molecule has 0 saturated heterocycles. The Kier molecular flexibility index (Phi) is 7.28. The summed E-state index contributed by atoms with van der Waals surface area (Å²) in [7, 11) is 0.211. The van der Waals surface area contributed by atoms with E-state index in [0.29, 0.717) is 21.7 Å². The summed E-state index contributed by atoms with van der Waals surface area (Å²) in [6.07, 6.45) is 3.42. The average molecular weight is 563 g/mol. The zero-order valence-corrected chi connectivity index (χ0v) is 25.0. The summed E-state index contributed by atoms with van der Waals surface area (Å²) in [5.74, 6) is 3.33. The maximum absolute atomic E-state index is 13.0. The van der Waals surface area contributed by atoms with Gasteiger partial charge in [-0.2, -0.15) is 0 Å². The van der Waals surface area contributed by atoms with Crippen molar-refractivity contribution in [2.75, 3.05) is 0 Å². The Morgan fingerprint density at radius 3 is 2.38 bits per heavy atom. The predicted molar refractivity (Wildman–Crippen MR) is 167 cm³/mol. The molecule has 0 bridgehead atoms. The van der Waals surface area contributed by atoms with Gasteiger partial charge in [0.25, 0.3) is 5.56 Å². The van der Waals surface area contributed by atoms with Gasteiger partial charge in [0.2, 0.25) is 0 Å². The molecule has 0 aliphatic rings. The van der Waals surface area contributed by atoms with Crippen LogP contribution in [0, 0.1) is 18.4 Å². The van der Waals surface area contributed by atoms with Crippen molar-refractivity contribution < 1.29 is 5.11 Å². The topological polar surface area (TPSA) is 55.1 Å². The van der Waals surface area contributed by atoms with E-state index < -0.39 is 13.7 Å². The van der Waals surface area contributed by atoms with Crippen molar-refractivity contribution in [3.8, 4) is 22.6 Å². The average Bonchev–Trinajstić information content (AvgIpc) is 2.93. The molecule has 0 aliphatic carbocycles. The van der Waals surface area contributed by atoms with Crippen LogP contribution in [0.25, 0.3) is 22.0 Å². The van der Waals surface area contributed by atoms with Gasteiger partial charge < -0.3 is 9.67 Å². The number of aliphatic hydroxyl groups is 1. The molecule has 3 aromatic carbocycles. The van der Waals surface area contributed by atoms with Crippen molar-refractivity contribution in [3.63, 3.8) is 0 Å². The molecule has 2 aromatic heterocycles. The Morgan fingerprint density at radius 1 is 0.950 bits per heavy atom. The molecule has 5 aromatic rings. The van der Waals surface area contributed by atoms with Crippen molar-refractivity contribution in [2.45, 2.75) is 32.2 Å². The fourth-order valence-corrected chi connectivity index (χ4v) is 5.61. The number of benzene rings is 3. The smallest absolute Gasteiger partial charge is 0.251 e. The monoisotopic (exact) mass is 562 g/mol. The van der Waals surface area contributed by atoms with E-state index in [1.54, 1.807) is 42.2 Å². The van der Waals surface area contributed by atoms with Gasteiger partial charge in [-0.1, -0.05) is 67.5 Å². The number of nitrogens with zero attached hydrogens (tertiary/aromatic N) is 2. The lowest BCUT2D eigenvalue weighted by Crippen LogP contribution is -2.30. The second-order valence-electron chi connectivity index (χ2n) is 11.2. The molecule has 0 amide bonds. The van der Waals surface area contributed by atoms with Crippen molar-refractivity contribution in [3.05, 3.63) is 134 Å². The van der Waals surface area contributed by atoms with Crippen molar-refractivity contribution in [1.82, 2.24) is 9.55 Å². The van der Waals surface area contributed by atoms with E-state index in [1.807, 2.05) is 67.6 Å². The number of hydrogen-bond donors (Lipinski definition) is 1. The molecule has 2 heterocycles. The summed E-state index contributed by atoms with van der Waals surface area (Å²) in [6.45, 7) is 8.60. The lowest BCUT2D eigenvalue weighted by atomic mass is 9.78. The van der Waals surface area contributed by atoms with E-state index in [0.717, 1.165) is 33.2 Å². The summed E-state index contributed by atoms with van der Waals surface area (Å²) in [5, 5.41) is 14.0. The van der Waals surface area contributed by atoms with E-state index in [9.17, 15) is 9.90 Å². The van der Waals surface area contributed by atoms with Gasteiger partial charge in [-0.25, -0.2) is 0 Å². The van der Waals surface area contributed by atoms with Crippen LogP contribution in [0.15, 0.2) is 96.1 Å². The Balaban J connectivity index is 1.79. The molecule has 1 atom stereocenters. The van der Waals surface area contributed by atoms with Gasteiger partial charge in [0.1, 0.15) is 13.7 Å². The van der Waals surface area contributed by atoms with Crippen LogP contribution in [-0.2, 0) is 12.6 Å². The molecular weight excluding hydrogens is 532 g/mol. The van der Waals surface area contributed by atoms with Crippen LogP contribution in [0.4, 0.5) is 0 Å². The SMILES string of the molecule is Cc1ccncc1C(O)(c1ccc(Cl)cc1)c1ccc2c(c1)c(-c1cccc(C#C[Si](C)(C)C)c1)cc(=O)n2C. The molecule has 200 valence electrons. The Morgan fingerprint density at radius 2 is 1.68 bits per heavy atom. The molecular formula is C34H31ClN2O2Si. The summed E-state index contributed by atoms with van der Waals surface area (Å²) >= 11 is 6.21. The van der Waals surface area contributed by atoms with Gasteiger partial charge in [0.05, 0.1) is 5.52 Å². The van der Waals surface area contributed by atoms with Crippen molar-refractivity contribution in [2.24, 2.45) is 7.05 Å². The highest BCUT2D eigenvalue weighted by atomic mass is 35.5. The van der Waals surface area contributed by atoms with Crippen LogP contribution in [-0.4, -0.2) is 22.7 Å². The third kappa shape index (κ3) is 5.26. The van der Waals surface area contributed by atoms with Crippen LogP contribution in [0.2, 0.25) is 24.7 Å². The lowest BCUT2D eigenvalue weighted by molar-refractivity contribution is 0.125. The Bertz CT molecular complexity index is 1860. The molecule has 1 N–H and O–H groups in total. The summed E-state index contributed by atoms with van der Waals surface area (Å²) < 4.78 is 1.63. The van der Waals surface area contributed by atoms with Gasteiger partial charge in [-0.05, 0) is 77.2 Å². The minimum atomic E-state index is -1.55. The van der Waals surface area contributed by atoms with Crippen LogP contribution in [0.1, 0.15) is 27.8 Å². The molecule has 1 unspecified atom stereocenters. The number of hydrogen-bond acceptors (Lipinski definition) is 3. The highest BCUT2D eigenvalue weighted by Gasteiger charge is 2.36. The third-order valence-corrected chi connectivity index (χ3v) is 8.24. The number of rotatable bonds is 4. The maximum atomic E-state index is 13.0. The molecule has 6 heteroatoms. The molecule has 40 heavy (non-hydrogen) atoms. The quantitative estimate of drug-likeness (QED) is 0.188. The number of aromatic nitrogens is 2. The molecule has 0 spiro atoms. The normalized spacial score (nSPS) is 13.0. The van der Waals surface area contributed by atoms with Gasteiger partial charge >= 0.3 is 0 Å². The van der Waals surface area contributed by atoms with Crippen molar-refractivity contribution in [1.29, 1.82) is 0 Å². The van der Waals surface area contributed by atoms with E-state index >= 15 is 0 Å². The minimum Gasteiger partial charge on any atom is -0.376 e. The Hall–Kier alpha value is -3.95. The predicted octanol–water partition coefficient (Wildman–Crippen LogP) is 7.08. The molecule has 5 rings (SSSR count). The largest absolute Gasteiger partial charge is 0.376 e. The van der Waals surface area contributed by atoms with E-state index in [1.165, 1.54) is 0 Å². The molecule has 4 nitrogen and oxygen atoms in total. The first-order chi connectivity index (χ1) is 19.0. The fourth-order valence-electron chi connectivity index (χ4n) is 4.96. The Labute approximate surface area is 240 Å². The molecule has 0 radical (unpaired) electrons. The highest BCUT2D eigenvalue weighted by Crippen LogP contribution is 2.40. The first kappa shape index (κ1) is 27.6. The summed E-state index contributed by atoms with van der Waals surface area (Å²) in [6, 6.07) is 24.5. The number of halogens is 1. The van der Waals surface area contributed by atoms with Gasteiger partial charge in [-0.15, -0.1) is 5.54 Å². The second-order valence-corrected chi connectivity index (χ2v) is 16.4. The highest BCUT2D eigenvalue weighted by molar-refractivity contribution is 6.83. The number of pyridine rings is 2. The van der Waals surface area contributed by atoms with Gasteiger partial charge in [0.15, 0.2) is 0 Å². The second kappa shape index (κ2) is 10.6. The zero-order valence-electron chi connectivity index (χ0n) is 23.3. The van der Waals surface area contributed by atoms with Crippen LogP contribution in [0.3, 0.4) is 0 Å². The number of aryl methyl sites for hydroxylation is 2. The van der Waals surface area contributed by atoms with Gasteiger partial charge in [-0.3, -0.25) is 9.78 Å². The summed E-state index contributed by atoms with van der Waals surface area (Å²) in [5.41, 5.74) is 8.09. The van der Waals surface area contributed by atoms with E-state index in [4.69, 9.17) is 11.6 Å². The third-order valence-electron chi connectivity index (χ3n) is 7.11. The molecule has 0 saturated carbocycles. The maximum Gasteiger partial charge on any atom is 0.251 e. The number of fused-ring (bicyclic) bond motifs is 1. The van der Waals surface area contributed by atoms with E-state index in [2.05, 4.69) is 36.1 Å². The minimum absolute atomic E-state index is 0.107. The van der Waals surface area contributed by atoms with Crippen LogP contribution >= 0.6 is 11.6 Å². The molecule has 0 fully saturated rings. The zero-order chi connectivity index (χ0) is 28.7. The lowest BCUT2D eigenvalue weighted by Gasteiger charge is -2.31. The van der Waals surface area contributed by atoms with Crippen molar-refractivity contribution >= 4 is 30.6 Å². The van der Waals surface area contributed by atoms with Crippen LogP contribution < -0.4 is 5.56 Å². The van der Waals surface area contributed by atoms with Gasteiger partial charge in [0, 0.05) is 47.0 Å². The summed E-state index contributed by atoms with van der Waals surface area (Å²) in [4.78, 5) is 17.4.